The monoisotopic (exact) mass is 792 g/mol. The number of para-hydroxylation sites is 2. The summed E-state index contributed by atoms with van der Waals surface area (Å²) >= 11 is 3.77. The standard InChI is InChI=1S/C36H52N2O2S6Si2/c1-47(2)35(39-25-15-7-5-8-16-25)27(33-37-29-19-11-13-21-31(29)43-33)23-41-45-46-42-24-28(34-38-30-20-12-14-22-32(30)44-34)36(48(3)4)40-26-17-9-6-10-18-26/h11-14,19-22,25-28,35-36,47-48H,5-10,15-18,23-24H2,1-4H3. The molecular formula is C36H52N2O2S6Si2. The van der Waals surface area contributed by atoms with Gasteiger partial charge in [0, 0.05) is 23.3 Å². The van der Waals surface area contributed by atoms with Crippen LogP contribution in [0.3, 0.4) is 0 Å². The minimum absolute atomic E-state index is 0.316. The number of fused-ring (bicyclic) bond motifs is 2. The molecule has 4 aromatic rings. The van der Waals surface area contributed by atoms with Gasteiger partial charge in [-0.2, -0.15) is 0 Å². The van der Waals surface area contributed by atoms with Gasteiger partial charge in [-0.05, 0) is 69.6 Å². The summed E-state index contributed by atoms with van der Waals surface area (Å²) in [4.78, 5) is 10.4. The average molecular weight is 793 g/mol. The number of thiazole rings is 2. The van der Waals surface area contributed by atoms with Crippen molar-refractivity contribution in [3.05, 3.63) is 58.5 Å². The Hall–Kier alpha value is -0.0262. The van der Waals surface area contributed by atoms with Crippen molar-refractivity contribution in [2.75, 3.05) is 11.5 Å². The molecule has 262 valence electrons. The van der Waals surface area contributed by atoms with Gasteiger partial charge in [-0.15, -0.1) is 22.7 Å². The molecule has 0 amide bonds. The maximum absolute atomic E-state index is 7.04. The first-order chi connectivity index (χ1) is 23.5. The summed E-state index contributed by atoms with van der Waals surface area (Å²) in [5.41, 5.74) is 2.89. The van der Waals surface area contributed by atoms with Gasteiger partial charge in [0.1, 0.15) is 10.0 Å². The topological polar surface area (TPSA) is 44.2 Å². The van der Waals surface area contributed by atoms with E-state index < -0.39 is 17.6 Å². The minimum Gasteiger partial charge on any atom is -0.378 e. The van der Waals surface area contributed by atoms with E-state index in [-0.39, 0.29) is 0 Å². The minimum atomic E-state index is -1.10. The second-order valence-corrected chi connectivity index (χ2v) is 28.7. The molecular weight excluding hydrogens is 741 g/mol. The molecule has 2 aliphatic carbocycles. The van der Waals surface area contributed by atoms with Crippen LogP contribution in [0.5, 0.6) is 0 Å². The van der Waals surface area contributed by atoms with Crippen LogP contribution in [0.2, 0.25) is 26.2 Å². The first-order valence-corrected chi connectivity index (χ1v) is 30.8. The second-order valence-electron chi connectivity index (χ2n) is 14.2. The van der Waals surface area contributed by atoms with Crippen LogP contribution in [0.25, 0.3) is 20.4 Å². The summed E-state index contributed by atoms with van der Waals surface area (Å²) in [6.45, 7) is 9.90. The predicted octanol–water partition coefficient (Wildman–Crippen LogP) is 11.9. The fourth-order valence-corrected chi connectivity index (χ4v) is 20.3. The van der Waals surface area contributed by atoms with Crippen LogP contribution in [-0.4, -0.2) is 62.7 Å². The first kappa shape index (κ1) is 37.7. The van der Waals surface area contributed by atoms with Crippen molar-refractivity contribution in [3.63, 3.8) is 0 Å². The summed E-state index contributed by atoms with van der Waals surface area (Å²) in [5, 5.41) is 2.54. The molecule has 4 unspecified atom stereocenters. The Morgan fingerprint density at radius 2 is 1.02 bits per heavy atom. The lowest BCUT2D eigenvalue weighted by molar-refractivity contribution is -0.00322. The Bertz CT molecular complexity index is 1360. The van der Waals surface area contributed by atoms with E-state index in [0.29, 0.717) is 35.5 Å². The van der Waals surface area contributed by atoms with Crippen molar-refractivity contribution < 1.29 is 9.47 Å². The fourth-order valence-electron chi connectivity index (χ4n) is 7.23. The highest BCUT2D eigenvalue weighted by Crippen LogP contribution is 2.48. The van der Waals surface area contributed by atoms with Gasteiger partial charge in [-0.25, -0.2) is 9.97 Å². The second kappa shape index (κ2) is 19.2. The van der Waals surface area contributed by atoms with Gasteiger partial charge in [-0.3, -0.25) is 0 Å². The number of hydrogen-bond acceptors (Lipinski definition) is 10. The van der Waals surface area contributed by atoms with Crippen LogP contribution in [0.1, 0.15) is 86.1 Å². The number of nitrogens with zero attached hydrogens (tertiary/aromatic N) is 2. The molecule has 2 fully saturated rings. The van der Waals surface area contributed by atoms with Gasteiger partial charge in [0.05, 0.1) is 61.7 Å². The van der Waals surface area contributed by atoms with Gasteiger partial charge in [0.2, 0.25) is 0 Å². The Morgan fingerprint density at radius 1 is 0.625 bits per heavy atom. The van der Waals surface area contributed by atoms with Gasteiger partial charge in [0.25, 0.3) is 0 Å². The van der Waals surface area contributed by atoms with E-state index >= 15 is 0 Å². The summed E-state index contributed by atoms with van der Waals surface area (Å²) in [6, 6.07) is 17.3. The number of hydrogen-bond donors (Lipinski definition) is 0. The molecule has 0 radical (unpaired) electrons. The van der Waals surface area contributed by atoms with E-state index in [0.717, 1.165) is 22.5 Å². The van der Waals surface area contributed by atoms with Crippen LogP contribution in [0.15, 0.2) is 48.5 Å². The maximum atomic E-state index is 7.04. The van der Waals surface area contributed by atoms with Crippen molar-refractivity contribution in [3.8, 4) is 0 Å². The van der Waals surface area contributed by atoms with E-state index in [9.17, 15) is 0 Å². The molecule has 2 aliphatic rings. The summed E-state index contributed by atoms with van der Waals surface area (Å²) in [5.74, 6) is 2.76. The van der Waals surface area contributed by atoms with Crippen LogP contribution >= 0.6 is 63.9 Å². The Balaban J connectivity index is 1.11. The Labute approximate surface area is 314 Å². The van der Waals surface area contributed by atoms with Gasteiger partial charge >= 0.3 is 0 Å². The quantitative estimate of drug-likeness (QED) is 0.0595. The lowest BCUT2D eigenvalue weighted by Crippen LogP contribution is -2.39. The van der Waals surface area contributed by atoms with Crippen molar-refractivity contribution in [2.24, 2.45) is 0 Å². The van der Waals surface area contributed by atoms with E-state index in [1.807, 2.05) is 63.9 Å². The molecule has 0 aliphatic heterocycles. The highest BCUT2D eigenvalue weighted by Gasteiger charge is 2.34. The van der Waals surface area contributed by atoms with Gasteiger partial charge < -0.3 is 9.47 Å². The molecule has 48 heavy (non-hydrogen) atoms. The Morgan fingerprint density at radius 3 is 1.40 bits per heavy atom. The van der Waals surface area contributed by atoms with Crippen LogP contribution in [0, 0.1) is 0 Å². The lowest BCUT2D eigenvalue weighted by atomic mass is 9.98. The van der Waals surface area contributed by atoms with Gasteiger partial charge in [0.15, 0.2) is 0 Å². The smallest absolute Gasteiger partial charge is 0.100 e. The van der Waals surface area contributed by atoms with Crippen molar-refractivity contribution in [1.29, 1.82) is 0 Å². The molecule has 2 saturated carbocycles. The Kier molecular flexibility index (Phi) is 15.1. The largest absolute Gasteiger partial charge is 0.378 e. The van der Waals surface area contributed by atoms with E-state index in [1.165, 1.54) is 83.6 Å². The molecule has 4 nitrogen and oxygen atoms in total. The summed E-state index contributed by atoms with van der Waals surface area (Å²) in [6.07, 6.45) is 13.7. The van der Waals surface area contributed by atoms with Crippen molar-refractivity contribution in [1.82, 2.24) is 9.97 Å². The number of benzene rings is 2. The third-order valence-corrected chi connectivity index (χ3v) is 22.5. The summed E-state index contributed by atoms with van der Waals surface area (Å²) < 4.78 is 16.7. The molecule has 6 rings (SSSR count). The van der Waals surface area contributed by atoms with E-state index in [2.05, 4.69) is 74.7 Å². The van der Waals surface area contributed by atoms with Crippen molar-refractivity contribution >= 4 is 102 Å². The zero-order valence-electron chi connectivity index (χ0n) is 28.9. The molecule has 0 spiro atoms. The number of rotatable bonds is 17. The lowest BCUT2D eigenvalue weighted by Gasteiger charge is -2.34. The van der Waals surface area contributed by atoms with Crippen molar-refractivity contribution in [2.45, 2.75) is 126 Å². The third-order valence-electron chi connectivity index (χ3n) is 9.79. The first-order valence-electron chi connectivity index (χ1n) is 18.1. The van der Waals surface area contributed by atoms with Crippen LogP contribution < -0.4 is 0 Å². The molecule has 0 bridgehead atoms. The molecule has 0 saturated heterocycles. The van der Waals surface area contributed by atoms with Crippen LogP contribution in [0.4, 0.5) is 0 Å². The predicted molar refractivity (Wildman–Crippen MR) is 226 cm³/mol. The third kappa shape index (κ3) is 10.3. The molecule has 0 N–H and O–H groups in total. The molecule has 2 aromatic carbocycles. The summed E-state index contributed by atoms with van der Waals surface area (Å²) in [7, 11) is 5.69. The zero-order valence-corrected chi connectivity index (χ0v) is 36.1. The molecule has 12 heteroatoms. The molecule has 2 heterocycles. The van der Waals surface area contributed by atoms with E-state index in [1.54, 1.807) is 0 Å². The van der Waals surface area contributed by atoms with E-state index in [4.69, 9.17) is 19.4 Å². The fraction of sp³-hybridized carbons (Fsp3) is 0.611. The molecule has 2 aromatic heterocycles. The highest BCUT2D eigenvalue weighted by atomic mass is 33.7. The zero-order chi connectivity index (χ0) is 33.3. The SMILES string of the molecule is C[SiH](C)C(OC1CCCCC1)C(CSSSSCC(c1nc2ccccc2s1)C(OC1CCCCC1)[SiH](C)C)c1nc2ccccc2s1. The maximum Gasteiger partial charge on any atom is 0.100 e. The van der Waals surface area contributed by atoms with Crippen LogP contribution in [-0.2, 0) is 9.47 Å². The number of ether oxygens (including phenoxy) is 2. The highest BCUT2D eigenvalue weighted by molar-refractivity contribution is 9.26. The van der Waals surface area contributed by atoms with Gasteiger partial charge in [-0.1, -0.05) is 111 Å². The number of aromatic nitrogens is 2. The molecule has 4 atom stereocenters. The normalized spacial score (nSPS) is 19.4. The average Bonchev–Trinajstić information content (AvgIpc) is 3.73.